The number of benzene rings is 2. The van der Waals surface area contributed by atoms with E-state index in [1.165, 1.54) is 12.1 Å². The van der Waals surface area contributed by atoms with E-state index in [0.717, 1.165) is 14.6 Å². The summed E-state index contributed by atoms with van der Waals surface area (Å²) in [5.74, 6) is -0.424. The van der Waals surface area contributed by atoms with Crippen LogP contribution in [0.5, 0.6) is 0 Å². The van der Waals surface area contributed by atoms with Gasteiger partial charge in [-0.3, -0.25) is 0 Å². The highest BCUT2D eigenvalue weighted by atomic mass is 79.9. The highest BCUT2D eigenvalue weighted by Gasteiger charge is 2.06. The second-order valence-corrected chi connectivity index (χ2v) is 5.32. The Hall–Kier alpha value is -1.38. The van der Waals surface area contributed by atoms with Crippen LogP contribution in [0.3, 0.4) is 0 Å². The minimum Gasteiger partial charge on any atom is -0.354 e. The molecule has 0 aliphatic carbocycles. The first kappa shape index (κ1) is 13.1. The molecule has 0 spiro atoms. The predicted molar refractivity (Wildman–Crippen MR) is 76.2 cm³/mol. The molecule has 18 heavy (non-hydrogen) atoms. The number of nitriles is 1. The van der Waals surface area contributed by atoms with Crippen molar-refractivity contribution in [3.05, 3.63) is 56.7 Å². The summed E-state index contributed by atoms with van der Waals surface area (Å²) in [6, 6.07) is 11.6. The molecule has 1 N–H and O–H groups in total. The lowest BCUT2D eigenvalue weighted by atomic mass is 10.2. The van der Waals surface area contributed by atoms with E-state index in [1.807, 2.05) is 24.3 Å². The van der Waals surface area contributed by atoms with Crippen LogP contribution >= 0.6 is 31.9 Å². The summed E-state index contributed by atoms with van der Waals surface area (Å²) in [4.78, 5) is 0. The molecule has 0 saturated carbocycles. The molecule has 0 atom stereocenters. The van der Waals surface area contributed by atoms with Gasteiger partial charge in [-0.1, -0.05) is 15.9 Å². The maximum absolute atomic E-state index is 13.0. The molecule has 0 aliphatic rings. The topological polar surface area (TPSA) is 35.8 Å². The molecule has 0 aromatic heterocycles. The van der Waals surface area contributed by atoms with E-state index in [9.17, 15) is 4.39 Å². The van der Waals surface area contributed by atoms with Crippen LogP contribution in [0.25, 0.3) is 0 Å². The van der Waals surface area contributed by atoms with Crippen molar-refractivity contribution in [1.82, 2.24) is 0 Å². The number of hydrogen-bond acceptors (Lipinski definition) is 2. The molecular formula is C13H7Br2FN2. The van der Waals surface area contributed by atoms with E-state index in [2.05, 4.69) is 37.2 Å². The number of rotatable bonds is 2. The first-order valence-corrected chi connectivity index (χ1v) is 6.60. The Morgan fingerprint density at radius 2 is 1.78 bits per heavy atom. The zero-order valence-electron chi connectivity index (χ0n) is 9.05. The van der Waals surface area contributed by atoms with Crippen molar-refractivity contribution in [2.45, 2.75) is 0 Å². The molecule has 2 aromatic carbocycles. The molecule has 0 saturated heterocycles. The van der Waals surface area contributed by atoms with Crippen LogP contribution in [0, 0.1) is 17.1 Å². The van der Waals surface area contributed by atoms with Crippen LogP contribution in [0.2, 0.25) is 0 Å². The molecule has 2 nitrogen and oxygen atoms in total. The van der Waals surface area contributed by atoms with Crippen molar-refractivity contribution >= 4 is 43.2 Å². The zero-order chi connectivity index (χ0) is 13.1. The second kappa shape index (κ2) is 5.51. The monoisotopic (exact) mass is 368 g/mol. The third-order valence-electron chi connectivity index (χ3n) is 2.30. The van der Waals surface area contributed by atoms with E-state index in [1.54, 1.807) is 6.07 Å². The first-order valence-electron chi connectivity index (χ1n) is 5.02. The van der Waals surface area contributed by atoms with Crippen molar-refractivity contribution < 1.29 is 4.39 Å². The summed E-state index contributed by atoms with van der Waals surface area (Å²) in [5.41, 5.74) is 1.65. The molecule has 0 fully saturated rings. The van der Waals surface area contributed by atoms with E-state index in [4.69, 9.17) is 5.26 Å². The average Bonchev–Trinajstić information content (AvgIpc) is 2.34. The van der Waals surface area contributed by atoms with Gasteiger partial charge >= 0.3 is 0 Å². The Labute approximate surface area is 121 Å². The minimum absolute atomic E-state index is 0.268. The Balaban J connectivity index is 2.37. The molecular weight excluding hydrogens is 363 g/mol. The van der Waals surface area contributed by atoms with Gasteiger partial charge in [0.2, 0.25) is 0 Å². The zero-order valence-corrected chi connectivity index (χ0v) is 12.2. The van der Waals surface area contributed by atoms with E-state index < -0.39 is 5.82 Å². The minimum atomic E-state index is -0.424. The quantitative estimate of drug-likeness (QED) is 0.811. The fourth-order valence-corrected chi connectivity index (χ4v) is 2.60. The lowest BCUT2D eigenvalue weighted by molar-refractivity contribution is 0.627. The van der Waals surface area contributed by atoms with Crippen LogP contribution in [0.15, 0.2) is 45.3 Å². The van der Waals surface area contributed by atoms with Crippen LogP contribution in [-0.4, -0.2) is 0 Å². The van der Waals surface area contributed by atoms with Crippen LogP contribution in [-0.2, 0) is 0 Å². The maximum Gasteiger partial charge on any atom is 0.124 e. The Bertz CT molecular complexity index is 635. The Morgan fingerprint density at radius 1 is 1.06 bits per heavy atom. The van der Waals surface area contributed by atoms with Gasteiger partial charge in [-0.2, -0.15) is 5.26 Å². The predicted octanol–water partition coefficient (Wildman–Crippen LogP) is 4.97. The Kier molecular flexibility index (Phi) is 4.00. The molecule has 90 valence electrons. The molecule has 0 amide bonds. The van der Waals surface area contributed by atoms with Gasteiger partial charge in [0.15, 0.2) is 0 Å². The van der Waals surface area contributed by atoms with Gasteiger partial charge in [0, 0.05) is 8.95 Å². The summed E-state index contributed by atoms with van der Waals surface area (Å²) < 4.78 is 14.8. The molecule has 2 rings (SSSR count). The lowest BCUT2D eigenvalue weighted by Crippen LogP contribution is -1.95. The molecule has 0 heterocycles. The molecule has 5 heteroatoms. The van der Waals surface area contributed by atoms with Gasteiger partial charge in [-0.05, 0) is 52.3 Å². The summed E-state index contributed by atoms with van der Waals surface area (Å²) >= 11 is 6.78. The maximum atomic E-state index is 13.0. The third-order valence-corrected chi connectivity index (χ3v) is 3.45. The molecule has 0 radical (unpaired) electrons. The van der Waals surface area contributed by atoms with E-state index in [0.29, 0.717) is 5.69 Å². The summed E-state index contributed by atoms with van der Waals surface area (Å²) in [6.07, 6.45) is 0. The SMILES string of the molecule is N#Cc1cc(F)ccc1Nc1ccc(Br)cc1Br. The van der Waals surface area contributed by atoms with Crippen LogP contribution in [0.1, 0.15) is 5.56 Å². The average molecular weight is 370 g/mol. The van der Waals surface area contributed by atoms with E-state index in [-0.39, 0.29) is 5.56 Å². The smallest absolute Gasteiger partial charge is 0.124 e. The second-order valence-electron chi connectivity index (χ2n) is 3.55. The highest BCUT2D eigenvalue weighted by Crippen LogP contribution is 2.30. The highest BCUT2D eigenvalue weighted by molar-refractivity contribution is 9.11. The standard InChI is InChI=1S/C13H7Br2FN2/c14-9-1-3-13(11(15)6-9)18-12-4-2-10(16)5-8(12)7-17/h1-6,18H. The fourth-order valence-electron chi connectivity index (χ4n) is 1.45. The van der Waals surface area contributed by atoms with Gasteiger partial charge < -0.3 is 5.32 Å². The number of nitrogens with one attached hydrogen (secondary N) is 1. The van der Waals surface area contributed by atoms with Crippen molar-refractivity contribution in [2.75, 3.05) is 5.32 Å². The number of hydrogen-bond donors (Lipinski definition) is 1. The molecule has 0 unspecified atom stereocenters. The van der Waals surface area contributed by atoms with Crippen LogP contribution < -0.4 is 5.32 Å². The van der Waals surface area contributed by atoms with Gasteiger partial charge in [0.1, 0.15) is 11.9 Å². The lowest BCUT2D eigenvalue weighted by Gasteiger charge is -2.10. The van der Waals surface area contributed by atoms with Gasteiger partial charge in [-0.15, -0.1) is 0 Å². The third kappa shape index (κ3) is 2.89. The molecule has 2 aromatic rings. The van der Waals surface area contributed by atoms with E-state index >= 15 is 0 Å². The summed E-state index contributed by atoms with van der Waals surface area (Å²) in [7, 11) is 0. The van der Waals surface area contributed by atoms with Crippen molar-refractivity contribution in [3.8, 4) is 6.07 Å². The van der Waals surface area contributed by atoms with Crippen molar-refractivity contribution in [1.29, 1.82) is 5.26 Å². The van der Waals surface area contributed by atoms with Gasteiger partial charge in [-0.25, -0.2) is 4.39 Å². The number of nitrogens with zero attached hydrogens (tertiary/aromatic N) is 1. The molecule has 0 aliphatic heterocycles. The number of halogens is 3. The van der Waals surface area contributed by atoms with Gasteiger partial charge in [0.05, 0.1) is 16.9 Å². The van der Waals surface area contributed by atoms with Crippen molar-refractivity contribution in [3.63, 3.8) is 0 Å². The van der Waals surface area contributed by atoms with Crippen LogP contribution in [0.4, 0.5) is 15.8 Å². The normalized spacial score (nSPS) is 9.89. The summed E-state index contributed by atoms with van der Waals surface area (Å²) in [6.45, 7) is 0. The fraction of sp³-hybridized carbons (Fsp3) is 0. The van der Waals surface area contributed by atoms with Gasteiger partial charge in [0.25, 0.3) is 0 Å². The number of anilines is 2. The first-order chi connectivity index (χ1) is 8.60. The largest absolute Gasteiger partial charge is 0.354 e. The molecule has 0 bridgehead atoms. The Morgan fingerprint density at radius 3 is 2.44 bits per heavy atom. The summed E-state index contributed by atoms with van der Waals surface area (Å²) in [5, 5.41) is 12.0. The van der Waals surface area contributed by atoms with Crippen molar-refractivity contribution in [2.24, 2.45) is 0 Å².